The second-order valence-corrected chi connectivity index (χ2v) is 15.6. The summed E-state index contributed by atoms with van der Waals surface area (Å²) in [4.78, 5) is 11.2. The van der Waals surface area contributed by atoms with Crippen LogP contribution in [0.3, 0.4) is 0 Å². The van der Waals surface area contributed by atoms with E-state index < -0.39 is 0 Å². The summed E-state index contributed by atoms with van der Waals surface area (Å²) >= 11 is 0. The summed E-state index contributed by atoms with van der Waals surface area (Å²) in [5.41, 5.74) is 16.1. The van der Waals surface area contributed by atoms with Crippen molar-refractivity contribution in [3.8, 4) is 78.4 Å². The van der Waals surface area contributed by atoms with E-state index in [1.54, 1.807) is 0 Å². The van der Waals surface area contributed by atoms with Gasteiger partial charge in [0.15, 0.2) is 5.82 Å². The number of hydrogen-bond acceptors (Lipinski definition) is 4. The fourth-order valence-corrected chi connectivity index (χ4v) is 9.06. The van der Waals surface area contributed by atoms with Crippen LogP contribution in [0.4, 0.5) is 0 Å². The monoisotopic (exact) mass is 792 g/mol. The van der Waals surface area contributed by atoms with Gasteiger partial charge in [-0.05, 0) is 81.4 Å². The summed E-state index contributed by atoms with van der Waals surface area (Å²) < 4.78 is 13.3. The van der Waals surface area contributed by atoms with Crippen molar-refractivity contribution in [2.24, 2.45) is 0 Å². The minimum absolute atomic E-state index is 0.589. The van der Waals surface area contributed by atoms with Crippen LogP contribution in [0.2, 0.25) is 0 Å². The maximum Gasteiger partial charge on any atom is 0.161 e. The minimum Gasteiger partial charge on any atom is -0.455 e. The third kappa shape index (κ3) is 6.00. The van der Waals surface area contributed by atoms with Crippen LogP contribution in [-0.2, 0) is 0 Å². The average molecular weight is 793 g/mol. The Morgan fingerprint density at radius 3 is 1.26 bits per heavy atom. The predicted octanol–water partition coefficient (Wildman–Crippen LogP) is 15.9. The molecule has 0 radical (unpaired) electrons. The van der Waals surface area contributed by atoms with Crippen molar-refractivity contribution in [2.75, 3.05) is 0 Å². The van der Waals surface area contributed by atoms with Gasteiger partial charge in [-0.1, -0.05) is 176 Å². The first-order valence-electron chi connectivity index (χ1n) is 20.9. The lowest BCUT2D eigenvalue weighted by atomic mass is 9.84. The number of aromatic nitrogens is 2. The van der Waals surface area contributed by atoms with Gasteiger partial charge in [0, 0.05) is 43.8 Å². The van der Waals surface area contributed by atoms with Gasteiger partial charge < -0.3 is 8.83 Å². The average Bonchev–Trinajstić information content (AvgIpc) is 3.93. The molecule has 9 aromatic carbocycles. The van der Waals surface area contributed by atoms with Gasteiger partial charge in [0.2, 0.25) is 0 Å². The quantitative estimate of drug-likeness (QED) is 0.161. The van der Waals surface area contributed by atoms with Gasteiger partial charge in [0.05, 0.1) is 11.4 Å². The molecule has 0 amide bonds. The van der Waals surface area contributed by atoms with Crippen LogP contribution in [-0.4, -0.2) is 9.97 Å². The zero-order valence-corrected chi connectivity index (χ0v) is 33.5. The van der Waals surface area contributed by atoms with Crippen molar-refractivity contribution in [1.82, 2.24) is 9.97 Å². The Morgan fingerprint density at radius 2 is 0.694 bits per heavy atom. The van der Waals surface area contributed by atoms with E-state index in [-0.39, 0.29) is 0 Å². The van der Waals surface area contributed by atoms with Crippen LogP contribution in [0, 0.1) is 0 Å². The molecule has 0 fully saturated rings. The third-order valence-electron chi connectivity index (χ3n) is 11.9. The summed E-state index contributed by atoms with van der Waals surface area (Å²) in [7, 11) is 0. The lowest BCUT2D eigenvalue weighted by Gasteiger charge is -2.21. The molecule has 290 valence electrons. The number of nitrogens with zero attached hydrogens (tertiary/aromatic N) is 2. The van der Waals surface area contributed by atoms with Gasteiger partial charge >= 0.3 is 0 Å². The Hall–Kier alpha value is -8.34. The van der Waals surface area contributed by atoms with E-state index in [0.717, 1.165) is 116 Å². The molecular weight excluding hydrogens is 757 g/mol. The largest absolute Gasteiger partial charge is 0.455 e. The molecule has 0 saturated heterocycles. The maximum absolute atomic E-state index is 6.67. The van der Waals surface area contributed by atoms with Gasteiger partial charge in [-0.15, -0.1) is 0 Å². The maximum atomic E-state index is 6.67. The Balaban J connectivity index is 1.22. The highest BCUT2D eigenvalue weighted by Crippen LogP contribution is 2.47. The lowest BCUT2D eigenvalue weighted by molar-refractivity contribution is 0.669. The van der Waals surface area contributed by atoms with E-state index in [0.29, 0.717) is 5.82 Å². The highest BCUT2D eigenvalue weighted by molar-refractivity contribution is 6.11. The Morgan fingerprint density at radius 1 is 0.274 bits per heavy atom. The molecule has 0 aliphatic heterocycles. The number of fused-ring (bicyclic) bond motifs is 6. The fraction of sp³-hybridized carbons (Fsp3) is 0. The van der Waals surface area contributed by atoms with Crippen LogP contribution in [0.15, 0.2) is 227 Å². The summed E-state index contributed by atoms with van der Waals surface area (Å²) in [6.45, 7) is 0. The SMILES string of the molecule is c1ccc(-c2cc(-c3ccccc3)c(-c3ccccc3-c3ccccc3)c(-c3nc(-c4cccc5c4oc4ccccc45)cc(-c4cccc5c4oc4ccccc45)n3)c2)cc1. The van der Waals surface area contributed by atoms with Crippen molar-refractivity contribution in [3.05, 3.63) is 218 Å². The molecule has 0 spiro atoms. The zero-order chi connectivity index (χ0) is 41.0. The number of para-hydroxylation sites is 4. The molecule has 0 N–H and O–H groups in total. The highest BCUT2D eigenvalue weighted by Gasteiger charge is 2.24. The molecule has 62 heavy (non-hydrogen) atoms. The number of furan rings is 2. The molecule has 4 heteroatoms. The Kier molecular flexibility index (Phi) is 8.46. The Labute approximate surface area is 358 Å². The van der Waals surface area contributed by atoms with Gasteiger partial charge in [-0.3, -0.25) is 0 Å². The summed E-state index contributed by atoms with van der Waals surface area (Å²) in [6, 6.07) is 76.2. The van der Waals surface area contributed by atoms with Gasteiger partial charge in [0.25, 0.3) is 0 Å². The van der Waals surface area contributed by atoms with Crippen LogP contribution < -0.4 is 0 Å². The van der Waals surface area contributed by atoms with Gasteiger partial charge in [-0.2, -0.15) is 0 Å². The van der Waals surface area contributed by atoms with E-state index in [1.165, 1.54) is 0 Å². The number of benzene rings is 9. The van der Waals surface area contributed by atoms with E-state index in [9.17, 15) is 0 Å². The van der Waals surface area contributed by atoms with Crippen LogP contribution >= 0.6 is 0 Å². The highest BCUT2D eigenvalue weighted by atomic mass is 16.3. The lowest BCUT2D eigenvalue weighted by Crippen LogP contribution is -2.00. The second kappa shape index (κ2) is 14.7. The zero-order valence-electron chi connectivity index (χ0n) is 33.5. The molecule has 0 atom stereocenters. The Bertz CT molecular complexity index is 3490. The van der Waals surface area contributed by atoms with E-state index in [1.807, 2.05) is 24.3 Å². The molecule has 3 aromatic heterocycles. The van der Waals surface area contributed by atoms with Crippen LogP contribution in [0.1, 0.15) is 0 Å². The topological polar surface area (TPSA) is 52.1 Å². The second-order valence-electron chi connectivity index (χ2n) is 15.6. The predicted molar refractivity (Wildman–Crippen MR) is 255 cm³/mol. The molecule has 12 aromatic rings. The molecular formula is C58H36N2O2. The molecule has 0 aliphatic rings. The van der Waals surface area contributed by atoms with Gasteiger partial charge in [-0.25, -0.2) is 9.97 Å². The number of rotatable bonds is 7. The first-order valence-corrected chi connectivity index (χ1v) is 20.9. The van der Waals surface area contributed by atoms with Crippen LogP contribution in [0.5, 0.6) is 0 Å². The smallest absolute Gasteiger partial charge is 0.161 e. The van der Waals surface area contributed by atoms with Crippen LogP contribution in [0.25, 0.3) is 122 Å². The molecule has 4 nitrogen and oxygen atoms in total. The molecule has 12 rings (SSSR count). The summed E-state index contributed by atoms with van der Waals surface area (Å²) in [5, 5.41) is 4.20. The third-order valence-corrected chi connectivity index (χ3v) is 11.9. The van der Waals surface area contributed by atoms with Crippen molar-refractivity contribution in [1.29, 1.82) is 0 Å². The minimum atomic E-state index is 0.589. The normalized spacial score (nSPS) is 11.5. The van der Waals surface area contributed by atoms with Gasteiger partial charge in [0.1, 0.15) is 22.3 Å². The van der Waals surface area contributed by atoms with Crippen molar-refractivity contribution < 1.29 is 8.83 Å². The van der Waals surface area contributed by atoms with E-state index in [4.69, 9.17) is 18.8 Å². The first-order chi connectivity index (χ1) is 30.7. The standard InChI is InChI=1S/C58H36N2O2/c1-4-18-37(19-5-1)40-34-49(39-22-8-3-9-23-39)55(44-27-11-10-24-41(44)38-20-6-2-7-21-38)50(35-40)58-59-51(47-30-16-28-45-42-25-12-14-32-53(42)61-56(45)47)36-52(60-58)48-31-17-29-46-43-26-13-15-33-54(43)62-57(46)48/h1-36H. The van der Waals surface area contributed by atoms with E-state index >= 15 is 0 Å². The molecule has 0 aliphatic carbocycles. The molecule has 0 bridgehead atoms. The van der Waals surface area contributed by atoms with Crippen molar-refractivity contribution in [2.45, 2.75) is 0 Å². The fourth-order valence-electron chi connectivity index (χ4n) is 9.06. The van der Waals surface area contributed by atoms with E-state index in [2.05, 4.69) is 194 Å². The first kappa shape index (κ1) is 35.6. The molecule has 0 saturated carbocycles. The summed E-state index contributed by atoms with van der Waals surface area (Å²) in [5.74, 6) is 0.589. The summed E-state index contributed by atoms with van der Waals surface area (Å²) in [6.07, 6.45) is 0. The molecule has 3 heterocycles. The van der Waals surface area contributed by atoms with Crippen molar-refractivity contribution in [3.63, 3.8) is 0 Å². The molecule has 0 unspecified atom stereocenters. The number of hydrogen-bond donors (Lipinski definition) is 0. The van der Waals surface area contributed by atoms with Crippen molar-refractivity contribution >= 4 is 43.9 Å².